The monoisotopic (exact) mass is 292 g/mol. The van der Waals surface area contributed by atoms with Crippen LogP contribution >= 0.6 is 0 Å². The zero-order valence-electron chi connectivity index (χ0n) is 12.9. The number of benzene rings is 1. The molecule has 1 aliphatic heterocycles. The van der Waals surface area contributed by atoms with Gasteiger partial charge in [0.05, 0.1) is 12.6 Å². The van der Waals surface area contributed by atoms with Crippen LogP contribution in [0.1, 0.15) is 38.7 Å². The van der Waals surface area contributed by atoms with Crippen molar-refractivity contribution in [1.29, 1.82) is 0 Å². The van der Waals surface area contributed by atoms with Crippen molar-refractivity contribution in [2.75, 3.05) is 18.8 Å². The molecule has 0 radical (unpaired) electrons. The predicted octanol–water partition coefficient (Wildman–Crippen LogP) is 2.35. The second-order valence-electron chi connectivity index (χ2n) is 6.56. The lowest BCUT2D eigenvalue weighted by Gasteiger charge is -2.36. The van der Waals surface area contributed by atoms with E-state index >= 15 is 0 Å². The molecule has 0 unspecified atom stereocenters. The Bertz CT molecular complexity index is 493. The molecule has 0 bridgehead atoms. The summed E-state index contributed by atoms with van der Waals surface area (Å²) in [5.74, 6) is 0.0317. The summed E-state index contributed by atoms with van der Waals surface area (Å²) < 4.78 is 5.34. The Labute approximate surface area is 125 Å². The van der Waals surface area contributed by atoms with E-state index in [1.165, 1.54) is 0 Å². The molecule has 1 amide bonds. The highest BCUT2D eigenvalue weighted by Gasteiger charge is 2.33. The van der Waals surface area contributed by atoms with Gasteiger partial charge in [0.25, 0.3) is 0 Å². The Kier molecular flexibility index (Phi) is 4.42. The summed E-state index contributed by atoms with van der Waals surface area (Å²) in [4.78, 5) is 13.6. The van der Waals surface area contributed by atoms with E-state index in [4.69, 9.17) is 10.5 Å². The van der Waals surface area contributed by atoms with E-state index in [1.807, 2.05) is 45.0 Å². The number of nitrogen functional groups attached to an aromatic ring is 1. The van der Waals surface area contributed by atoms with Crippen molar-refractivity contribution in [3.05, 3.63) is 29.8 Å². The standard InChI is InChI=1S/C16H24N2O3/c1-16(2,3)21-15(20)18-9-8-13(14(19)10-18)11-4-6-12(17)7-5-11/h4-7,13-14,19H,8-10,17H2,1-3H3/t13-,14-/m0/s1. The maximum absolute atomic E-state index is 12.0. The van der Waals surface area contributed by atoms with Crippen LogP contribution in [0, 0.1) is 0 Å². The van der Waals surface area contributed by atoms with Crippen molar-refractivity contribution in [3.8, 4) is 0 Å². The summed E-state index contributed by atoms with van der Waals surface area (Å²) in [6.45, 7) is 6.39. The number of β-amino-alcohol motifs (C(OH)–C–C–N with tert-alkyl or cyclic N) is 1. The molecule has 0 saturated carbocycles. The fraction of sp³-hybridized carbons (Fsp3) is 0.562. The van der Waals surface area contributed by atoms with Gasteiger partial charge in [-0.3, -0.25) is 0 Å². The predicted molar refractivity (Wildman–Crippen MR) is 82.0 cm³/mol. The molecule has 5 heteroatoms. The molecule has 1 aromatic rings. The first-order valence-corrected chi connectivity index (χ1v) is 7.28. The van der Waals surface area contributed by atoms with Crippen molar-refractivity contribution in [2.45, 2.75) is 44.8 Å². The number of aliphatic hydroxyl groups excluding tert-OH is 1. The Morgan fingerprint density at radius 2 is 1.95 bits per heavy atom. The summed E-state index contributed by atoms with van der Waals surface area (Å²) in [7, 11) is 0. The average molecular weight is 292 g/mol. The quantitative estimate of drug-likeness (QED) is 0.779. The largest absolute Gasteiger partial charge is 0.444 e. The van der Waals surface area contributed by atoms with Crippen LogP contribution in [0.5, 0.6) is 0 Å². The molecule has 2 atom stereocenters. The van der Waals surface area contributed by atoms with Crippen LogP contribution in [0.4, 0.5) is 10.5 Å². The summed E-state index contributed by atoms with van der Waals surface area (Å²) >= 11 is 0. The number of carbonyl (C=O) groups is 1. The SMILES string of the molecule is CC(C)(C)OC(=O)N1CC[C@@H](c2ccc(N)cc2)[C@@H](O)C1. The molecule has 1 aliphatic rings. The zero-order chi connectivity index (χ0) is 15.6. The van der Waals surface area contributed by atoms with Crippen LogP contribution in [-0.2, 0) is 4.74 Å². The van der Waals surface area contributed by atoms with E-state index < -0.39 is 11.7 Å². The number of aliphatic hydroxyl groups is 1. The zero-order valence-corrected chi connectivity index (χ0v) is 12.9. The molecule has 1 aromatic carbocycles. The maximum atomic E-state index is 12.0. The van der Waals surface area contributed by atoms with Crippen LogP contribution in [0.15, 0.2) is 24.3 Å². The van der Waals surface area contributed by atoms with Crippen molar-refractivity contribution < 1.29 is 14.6 Å². The fourth-order valence-electron chi connectivity index (χ4n) is 2.56. The summed E-state index contributed by atoms with van der Waals surface area (Å²) in [5.41, 5.74) is 6.93. The maximum Gasteiger partial charge on any atom is 0.410 e. The van der Waals surface area contributed by atoms with Gasteiger partial charge in [-0.15, -0.1) is 0 Å². The normalized spacial score (nSPS) is 23.0. The van der Waals surface area contributed by atoms with Crippen molar-refractivity contribution in [3.63, 3.8) is 0 Å². The van der Waals surface area contributed by atoms with E-state index in [9.17, 15) is 9.90 Å². The first-order chi connectivity index (χ1) is 9.76. The van der Waals surface area contributed by atoms with Crippen LogP contribution in [0.25, 0.3) is 0 Å². The van der Waals surface area contributed by atoms with Gasteiger partial charge in [0, 0.05) is 18.2 Å². The van der Waals surface area contributed by atoms with Gasteiger partial charge in [0.1, 0.15) is 5.60 Å². The van der Waals surface area contributed by atoms with Crippen LogP contribution in [-0.4, -0.2) is 40.9 Å². The van der Waals surface area contributed by atoms with Gasteiger partial charge in [0.15, 0.2) is 0 Å². The molecular weight excluding hydrogens is 268 g/mol. The molecule has 3 N–H and O–H groups in total. The van der Waals surface area contributed by atoms with Crippen LogP contribution in [0.3, 0.4) is 0 Å². The van der Waals surface area contributed by atoms with Gasteiger partial charge in [-0.2, -0.15) is 0 Å². The lowest BCUT2D eigenvalue weighted by Crippen LogP contribution is -2.47. The Morgan fingerprint density at radius 3 is 2.48 bits per heavy atom. The lowest BCUT2D eigenvalue weighted by atomic mass is 9.87. The molecule has 116 valence electrons. The minimum Gasteiger partial charge on any atom is -0.444 e. The van der Waals surface area contributed by atoms with Crippen LogP contribution < -0.4 is 5.73 Å². The second kappa shape index (κ2) is 5.93. The summed E-state index contributed by atoms with van der Waals surface area (Å²) in [6.07, 6.45) is -0.239. The highest BCUT2D eigenvalue weighted by Crippen LogP contribution is 2.29. The molecule has 1 fully saturated rings. The molecule has 0 spiro atoms. The number of ether oxygens (including phenoxy) is 1. The molecule has 5 nitrogen and oxygen atoms in total. The van der Waals surface area contributed by atoms with Gasteiger partial charge in [-0.1, -0.05) is 12.1 Å². The molecular formula is C16H24N2O3. The number of likely N-dealkylation sites (tertiary alicyclic amines) is 1. The lowest BCUT2D eigenvalue weighted by molar-refractivity contribution is -0.00151. The number of nitrogens with zero attached hydrogens (tertiary/aromatic N) is 1. The summed E-state index contributed by atoms with van der Waals surface area (Å²) in [6, 6.07) is 7.54. The van der Waals surface area contributed by atoms with Crippen molar-refractivity contribution >= 4 is 11.8 Å². The molecule has 2 rings (SSSR count). The van der Waals surface area contributed by atoms with Gasteiger partial charge in [-0.25, -0.2) is 4.79 Å². The number of hydrogen-bond acceptors (Lipinski definition) is 4. The van der Waals surface area contributed by atoms with E-state index in [0.29, 0.717) is 25.2 Å². The number of amides is 1. The first-order valence-electron chi connectivity index (χ1n) is 7.28. The van der Waals surface area contributed by atoms with Gasteiger partial charge in [0.2, 0.25) is 0 Å². The molecule has 0 aromatic heterocycles. The third-order valence-electron chi connectivity index (χ3n) is 3.60. The Hall–Kier alpha value is -1.75. The number of nitrogens with two attached hydrogens (primary N) is 1. The number of rotatable bonds is 1. The van der Waals surface area contributed by atoms with Crippen molar-refractivity contribution in [2.24, 2.45) is 0 Å². The van der Waals surface area contributed by atoms with Gasteiger partial charge >= 0.3 is 6.09 Å². The van der Waals surface area contributed by atoms with E-state index in [2.05, 4.69) is 0 Å². The van der Waals surface area contributed by atoms with Gasteiger partial charge in [-0.05, 0) is 44.9 Å². The smallest absolute Gasteiger partial charge is 0.410 e. The molecule has 21 heavy (non-hydrogen) atoms. The van der Waals surface area contributed by atoms with Crippen LogP contribution in [0.2, 0.25) is 0 Å². The minimum absolute atomic E-state index is 0.0317. The molecule has 0 aliphatic carbocycles. The number of carbonyl (C=O) groups excluding carboxylic acids is 1. The highest BCUT2D eigenvalue weighted by molar-refractivity contribution is 5.68. The molecule has 1 heterocycles. The summed E-state index contributed by atoms with van der Waals surface area (Å²) in [5, 5.41) is 10.3. The van der Waals surface area contributed by atoms with E-state index in [-0.39, 0.29) is 12.0 Å². The Morgan fingerprint density at radius 1 is 1.33 bits per heavy atom. The number of anilines is 1. The third-order valence-corrected chi connectivity index (χ3v) is 3.60. The average Bonchev–Trinajstić information content (AvgIpc) is 2.38. The topological polar surface area (TPSA) is 75.8 Å². The van der Waals surface area contributed by atoms with Gasteiger partial charge < -0.3 is 20.5 Å². The van der Waals surface area contributed by atoms with Crippen molar-refractivity contribution in [1.82, 2.24) is 4.90 Å². The third kappa shape index (κ3) is 4.11. The van der Waals surface area contributed by atoms with E-state index in [0.717, 1.165) is 5.56 Å². The number of piperidine rings is 1. The second-order valence-corrected chi connectivity index (χ2v) is 6.56. The minimum atomic E-state index is -0.588. The Balaban J connectivity index is 1.99. The fourth-order valence-corrected chi connectivity index (χ4v) is 2.56. The van der Waals surface area contributed by atoms with E-state index in [1.54, 1.807) is 4.90 Å². The highest BCUT2D eigenvalue weighted by atomic mass is 16.6. The first kappa shape index (κ1) is 15.6. The number of hydrogen-bond donors (Lipinski definition) is 2. The molecule has 1 saturated heterocycles.